The van der Waals surface area contributed by atoms with Crippen LogP contribution in [0.15, 0.2) is 40.3 Å². The zero-order chi connectivity index (χ0) is 24.3. The molecule has 0 radical (unpaired) electrons. The van der Waals surface area contributed by atoms with Gasteiger partial charge in [0.25, 0.3) is 5.56 Å². The maximum Gasteiger partial charge on any atom is 0.343 e. The zero-order valence-electron chi connectivity index (χ0n) is 19.7. The lowest BCUT2D eigenvalue weighted by Gasteiger charge is -2.31. The van der Waals surface area contributed by atoms with Gasteiger partial charge in [-0.3, -0.25) is 4.79 Å². The lowest BCUT2D eigenvalue weighted by atomic mass is 9.86. The minimum absolute atomic E-state index is 0.106. The van der Waals surface area contributed by atoms with Gasteiger partial charge >= 0.3 is 5.97 Å². The van der Waals surface area contributed by atoms with E-state index in [1.54, 1.807) is 23.8 Å². The van der Waals surface area contributed by atoms with Crippen LogP contribution in [0.3, 0.4) is 0 Å². The molecule has 1 N–H and O–H groups in total. The molecular weight excluding hydrogens is 434 g/mol. The van der Waals surface area contributed by atoms with E-state index < -0.39 is 17.2 Å². The Morgan fingerprint density at radius 2 is 2.03 bits per heavy atom. The second-order valence-electron chi connectivity index (χ2n) is 9.73. The van der Waals surface area contributed by atoms with Gasteiger partial charge in [0.2, 0.25) is 0 Å². The molecule has 0 unspecified atom stereocenters. The van der Waals surface area contributed by atoms with Gasteiger partial charge in [-0.1, -0.05) is 30.3 Å². The molecule has 2 aliphatic heterocycles. The maximum atomic E-state index is 13.4. The quantitative estimate of drug-likeness (QED) is 0.284. The molecule has 1 atom stereocenters. The number of aromatic nitrogens is 2. The summed E-state index contributed by atoms with van der Waals surface area (Å²) in [4.78, 5) is 36.2. The topological polar surface area (TPSA) is 103 Å². The maximum absolute atomic E-state index is 13.4. The SMILES string of the molecule is CC[C@@]1(O)C(=O)OCc2c1cc1n(c2=O)Cc2c-1nc1ccccc1c2CC=NOC(C)(C)C. The molecule has 0 bridgehead atoms. The van der Waals surface area contributed by atoms with Gasteiger partial charge in [-0.2, -0.15) is 0 Å². The third kappa shape index (κ3) is 3.40. The number of hydrogen-bond acceptors (Lipinski definition) is 7. The number of carbonyl (C=O) groups excluding carboxylic acids is 1. The fourth-order valence-corrected chi connectivity index (χ4v) is 4.67. The third-order valence-corrected chi connectivity index (χ3v) is 6.41. The number of carbonyl (C=O) groups is 1. The Balaban J connectivity index is 1.69. The first kappa shape index (κ1) is 22.3. The number of rotatable bonds is 4. The number of aliphatic hydroxyl groups is 1. The van der Waals surface area contributed by atoms with Crippen molar-refractivity contribution in [1.29, 1.82) is 0 Å². The van der Waals surface area contributed by atoms with E-state index in [4.69, 9.17) is 14.6 Å². The van der Waals surface area contributed by atoms with Gasteiger partial charge in [-0.05, 0) is 44.9 Å². The summed E-state index contributed by atoms with van der Waals surface area (Å²) < 4.78 is 6.81. The molecule has 34 heavy (non-hydrogen) atoms. The van der Waals surface area contributed by atoms with Crippen LogP contribution < -0.4 is 5.56 Å². The predicted octanol–water partition coefficient (Wildman–Crippen LogP) is 3.42. The lowest BCUT2D eigenvalue weighted by molar-refractivity contribution is -0.172. The molecule has 0 amide bonds. The molecule has 2 aromatic heterocycles. The van der Waals surface area contributed by atoms with Crippen LogP contribution in [0.4, 0.5) is 0 Å². The Kier molecular flexibility index (Phi) is 5.09. The summed E-state index contributed by atoms with van der Waals surface area (Å²) >= 11 is 0. The fraction of sp³-hybridized carbons (Fsp3) is 0.385. The minimum atomic E-state index is -1.85. The van der Waals surface area contributed by atoms with E-state index in [-0.39, 0.29) is 18.6 Å². The summed E-state index contributed by atoms with van der Waals surface area (Å²) in [6, 6.07) is 9.55. The molecule has 3 aromatic rings. The van der Waals surface area contributed by atoms with Crippen LogP contribution in [0.25, 0.3) is 22.3 Å². The summed E-state index contributed by atoms with van der Waals surface area (Å²) in [5.41, 5.74) is 2.12. The van der Waals surface area contributed by atoms with Crippen molar-refractivity contribution in [3.8, 4) is 11.4 Å². The Hall–Kier alpha value is -3.52. The third-order valence-electron chi connectivity index (χ3n) is 6.41. The second-order valence-corrected chi connectivity index (χ2v) is 9.73. The van der Waals surface area contributed by atoms with Gasteiger partial charge in [0.1, 0.15) is 12.2 Å². The number of fused-ring (bicyclic) bond motifs is 5. The van der Waals surface area contributed by atoms with Crippen molar-refractivity contribution in [2.75, 3.05) is 0 Å². The number of esters is 1. The van der Waals surface area contributed by atoms with E-state index in [1.165, 1.54) is 0 Å². The largest absolute Gasteiger partial charge is 0.458 e. The summed E-state index contributed by atoms with van der Waals surface area (Å²) in [5, 5.41) is 16.2. The van der Waals surface area contributed by atoms with Crippen LogP contribution in [-0.4, -0.2) is 32.4 Å². The van der Waals surface area contributed by atoms with Crippen LogP contribution in [0, 0.1) is 0 Å². The number of benzene rings is 1. The highest BCUT2D eigenvalue weighted by atomic mass is 16.6. The number of para-hydroxylation sites is 1. The minimum Gasteiger partial charge on any atom is -0.458 e. The number of hydrogen-bond donors (Lipinski definition) is 1. The van der Waals surface area contributed by atoms with Crippen molar-refractivity contribution in [2.45, 2.75) is 64.9 Å². The Bertz CT molecular complexity index is 1420. The number of pyridine rings is 2. The highest BCUT2D eigenvalue weighted by molar-refractivity contribution is 5.90. The molecule has 0 spiro atoms. The Morgan fingerprint density at radius 3 is 2.76 bits per heavy atom. The van der Waals surface area contributed by atoms with E-state index in [9.17, 15) is 14.7 Å². The van der Waals surface area contributed by atoms with Gasteiger partial charge in [0, 0.05) is 29.1 Å². The molecule has 176 valence electrons. The first-order chi connectivity index (χ1) is 16.1. The standard InChI is InChI=1S/C26H27N3O5/c1-5-26(32)19-12-21-22-17(13-29(21)23(30)18(19)14-33-24(26)31)15(10-11-27-34-25(2,3)4)16-8-6-7-9-20(16)28-22/h6-9,11-12,32H,5,10,13-14H2,1-4H3/t26-/m0/s1. The molecule has 1 aromatic carbocycles. The van der Waals surface area contributed by atoms with Crippen molar-refractivity contribution in [1.82, 2.24) is 9.55 Å². The lowest BCUT2D eigenvalue weighted by Crippen LogP contribution is -2.44. The van der Waals surface area contributed by atoms with E-state index in [1.807, 2.05) is 45.0 Å². The number of oxime groups is 1. The van der Waals surface area contributed by atoms with Gasteiger partial charge in [-0.15, -0.1) is 0 Å². The van der Waals surface area contributed by atoms with E-state index in [2.05, 4.69) is 5.16 Å². The van der Waals surface area contributed by atoms with Crippen molar-refractivity contribution in [2.24, 2.45) is 5.16 Å². The normalized spacial score (nSPS) is 19.1. The molecule has 0 saturated carbocycles. The monoisotopic (exact) mass is 461 g/mol. The average molecular weight is 462 g/mol. The molecule has 0 aliphatic carbocycles. The highest BCUT2D eigenvalue weighted by Crippen LogP contribution is 2.40. The van der Waals surface area contributed by atoms with Crippen LogP contribution in [0.5, 0.6) is 0 Å². The Labute approximate surface area is 196 Å². The number of nitrogens with zero attached hydrogens (tertiary/aromatic N) is 3. The van der Waals surface area contributed by atoms with Crippen LogP contribution in [0.2, 0.25) is 0 Å². The zero-order valence-corrected chi connectivity index (χ0v) is 19.7. The second kappa shape index (κ2) is 7.77. The molecule has 0 fully saturated rings. The van der Waals surface area contributed by atoms with Crippen LogP contribution >= 0.6 is 0 Å². The Morgan fingerprint density at radius 1 is 1.26 bits per heavy atom. The molecule has 5 rings (SSSR count). The summed E-state index contributed by atoms with van der Waals surface area (Å²) in [6.45, 7) is 7.68. The fourth-order valence-electron chi connectivity index (χ4n) is 4.67. The van der Waals surface area contributed by atoms with Crippen LogP contribution in [0.1, 0.15) is 56.4 Å². The first-order valence-electron chi connectivity index (χ1n) is 11.4. The molecule has 2 aliphatic rings. The van der Waals surface area contributed by atoms with Gasteiger partial charge < -0.3 is 19.2 Å². The summed E-state index contributed by atoms with van der Waals surface area (Å²) in [5.74, 6) is -0.729. The smallest absolute Gasteiger partial charge is 0.343 e. The van der Waals surface area contributed by atoms with Gasteiger partial charge in [0.05, 0.1) is 29.0 Å². The average Bonchev–Trinajstić information content (AvgIpc) is 3.17. The highest BCUT2D eigenvalue weighted by Gasteiger charge is 2.45. The van der Waals surface area contributed by atoms with Crippen LogP contribution in [-0.2, 0) is 39.5 Å². The molecule has 4 heterocycles. The molecule has 0 saturated heterocycles. The predicted molar refractivity (Wildman–Crippen MR) is 128 cm³/mol. The summed E-state index contributed by atoms with van der Waals surface area (Å²) in [7, 11) is 0. The number of cyclic esters (lactones) is 1. The van der Waals surface area contributed by atoms with E-state index >= 15 is 0 Å². The molecular formula is C26H27N3O5. The van der Waals surface area contributed by atoms with Crippen molar-refractivity contribution in [3.05, 3.63) is 62.9 Å². The molecule has 8 heteroatoms. The summed E-state index contributed by atoms with van der Waals surface area (Å²) in [6.07, 6.45) is 2.34. The number of ether oxygens (including phenoxy) is 1. The van der Waals surface area contributed by atoms with Crippen molar-refractivity contribution < 1.29 is 19.5 Å². The van der Waals surface area contributed by atoms with Gasteiger partial charge in [-0.25, -0.2) is 9.78 Å². The van der Waals surface area contributed by atoms with Crippen molar-refractivity contribution in [3.63, 3.8) is 0 Å². The first-order valence-corrected chi connectivity index (χ1v) is 11.4. The van der Waals surface area contributed by atoms with Gasteiger partial charge in [0.15, 0.2) is 5.60 Å². The molecule has 8 nitrogen and oxygen atoms in total. The van der Waals surface area contributed by atoms with Crippen molar-refractivity contribution >= 4 is 23.1 Å². The van der Waals surface area contributed by atoms with E-state index in [0.29, 0.717) is 35.5 Å². The van der Waals surface area contributed by atoms with E-state index in [0.717, 1.165) is 22.0 Å².